The second kappa shape index (κ2) is 66.6. The van der Waals surface area contributed by atoms with E-state index in [-0.39, 0.29) is 31.1 Å². The van der Waals surface area contributed by atoms with E-state index in [0.29, 0.717) is 19.3 Å². The van der Waals surface area contributed by atoms with Crippen molar-refractivity contribution in [3.8, 4) is 0 Å². The minimum absolute atomic E-state index is 0.0863. The Morgan fingerprint density at radius 2 is 0.494 bits per heavy atom. The van der Waals surface area contributed by atoms with Gasteiger partial charge in [0, 0.05) is 19.3 Å². The van der Waals surface area contributed by atoms with Gasteiger partial charge in [-0.15, -0.1) is 0 Å². The molecule has 452 valence electrons. The maximum atomic E-state index is 12.9. The van der Waals surface area contributed by atoms with Gasteiger partial charge in [-0.25, -0.2) is 0 Å². The molecule has 0 aliphatic carbocycles. The number of hydrogen-bond acceptors (Lipinski definition) is 6. The lowest BCUT2D eigenvalue weighted by Gasteiger charge is -2.18. The average molecular weight is 1100 g/mol. The van der Waals surface area contributed by atoms with Crippen LogP contribution in [0, 0.1) is 0 Å². The molecule has 0 aliphatic rings. The molecule has 0 bridgehead atoms. The molecule has 0 aromatic heterocycles. The second-order valence-electron chi connectivity index (χ2n) is 22.0. The van der Waals surface area contributed by atoms with Gasteiger partial charge in [0.2, 0.25) is 0 Å². The SMILES string of the molecule is CC/C=C\C/C=C\C/C=C\C/C=C\C/C=C\C/C=C\C/C=C\CCCCCCCCCCCC(=O)OCC(COC(=O)CCCCCCC/C=C\CCCCCCC)OC(=O)CCCCCCC/C=C\CCCCCCCCC. The molecule has 0 heterocycles. The summed E-state index contributed by atoms with van der Waals surface area (Å²) in [7, 11) is 0. The van der Waals surface area contributed by atoms with Crippen molar-refractivity contribution in [1.29, 1.82) is 0 Å². The van der Waals surface area contributed by atoms with Crippen LogP contribution in [0.3, 0.4) is 0 Å². The molecule has 0 N–H and O–H groups in total. The fourth-order valence-electron chi connectivity index (χ4n) is 9.24. The maximum Gasteiger partial charge on any atom is 0.306 e. The highest BCUT2D eigenvalue weighted by Gasteiger charge is 2.19. The largest absolute Gasteiger partial charge is 0.462 e. The number of esters is 3. The van der Waals surface area contributed by atoms with Crippen LogP contribution < -0.4 is 0 Å². The number of ether oxygens (including phenoxy) is 3. The minimum Gasteiger partial charge on any atom is -0.462 e. The van der Waals surface area contributed by atoms with Crippen LogP contribution in [0.5, 0.6) is 0 Å². The van der Waals surface area contributed by atoms with E-state index >= 15 is 0 Å². The van der Waals surface area contributed by atoms with Crippen LogP contribution in [0.15, 0.2) is 109 Å². The van der Waals surface area contributed by atoms with Gasteiger partial charge in [0.05, 0.1) is 0 Å². The Bertz CT molecular complexity index is 1590. The Kier molecular flexibility index (Phi) is 63.3. The van der Waals surface area contributed by atoms with Crippen molar-refractivity contribution in [2.24, 2.45) is 0 Å². The molecule has 0 saturated carbocycles. The Morgan fingerprint density at radius 1 is 0.266 bits per heavy atom. The van der Waals surface area contributed by atoms with E-state index in [2.05, 4.69) is 130 Å². The van der Waals surface area contributed by atoms with Gasteiger partial charge >= 0.3 is 17.9 Å². The summed E-state index contributed by atoms with van der Waals surface area (Å²) in [6, 6.07) is 0. The number of hydrogen-bond donors (Lipinski definition) is 0. The lowest BCUT2D eigenvalue weighted by molar-refractivity contribution is -0.167. The van der Waals surface area contributed by atoms with Crippen LogP contribution in [0.2, 0.25) is 0 Å². The van der Waals surface area contributed by atoms with Crippen LogP contribution in [0.4, 0.5) is 0 Å². The molecule has 0 aromatic rings. The first kappa shape index (κ1) is 75.1. The van der Waals surface area contributed by atoms with Crippen molar-refractivity contribution in [2.75, 3.05) is 13.2 Å². The predicted molar refractivity (Wildman–Crippen MR) is 343 cm³/mol. The highest BCUT2D eigenvalue weighted by atomic mass is 16.6. The van der Waals surface area contributed by atoms with Crippen molar-refractivity contribution in [2.45, 2.75) is 322 Å². The number of rotatable bonds is 60. The molecule has 1 atom stereocenters. The maximum absolute atomic E-state index is 12.9. The predicted octanol–water partition coefficient (Wildman–Crippen LogP) is 23.0. The first-order chi connectivity index (χ1) is 39.0. The fraction of sp³-hybridized carbons (Fsp3) is 0.712. The zero-order valence-electron chi connectivity index (χ0n) is 51.9. The van der Waals surface area contributed by atoms with Gasteiger partial charge in [-0.3, -0.25) is 14.4 Å². The van der Waals surface area contributed by atoms with Gasteiger partial charge in [0.1, 0.15) is 13.2 Å². The lowest BCUT2D eigenvalue weighted by atomic mass is 10.1. The molecule has 0 spiro atoms. The molecule has 0 radical (unpaired) electrons. The molecular weight excluding hydrogens is 973 g/mol. The third-order valence-corrected chi connectivity index (χ3v) is 14.2. The molecule has 79 heavy (non-hydrogen) atoms. The van der Waals surface area contributed by atoms with E-state index < -0.39 is 6.10 Å². The number of carbonyl (C=O) groups excluding carboxylic acids is 3. The molecule has 6 heteroatoms. The van der Waals surface area contributed by atoms with E-state index in [9.17, 15) is 14.4 Å². The zero-order valence-corrected chi connectivity index (χ0v) is 51.9. The third kappa shape index (κ3) is 64.8. The summed E-state index contributed by atoms with van der Waals surface area (Å²) >= 11 is 0. The first-order valence-electron chi connectivity index (χ1n) is 33.4. The Hall–Kier alpha value is -3.93. The average Bonchev–Trinajstić information content (AvgIpc) is 3.45. The van der Waals surface area contributed by atoms with Gasteiger partial charge in [-0.1, -0.05) is 278 Å². The minimum atomic E-state index is -0.790. The molecule has 0 aliphatic heterocycles. The van der Waals surface area contributed by atoms with Crippen LogP contribution in [-0.4, -0.2) is 37.2 Å². The summed E-state index contributed by atoms with van der Waals surface area (Å²) < 4.78 is 16.9. The summed E-state index contributed by atoms with van der Waals surface area (Å²) in [6.45, 7) is 6.52. The summed E-state index contributed by atoms with van der Waals surface area (Å²) in [5, 5.41) is 0. The molecule has 0 aromatic carbocycles. The van der Waals surface area contributed by atoms with Crippen molar-refractivity contribution >= 4 is 17.9 Å². The summed E-state index contributed by atoms with van der Waals surface area (Å²) in [5.41, 5.74) is 0. The van der Waals surface area contributed by atoms with Crippen LogP contribution in [-0.2, 0) is 28.6 Å². The Labute approximate surface area is 489 Å². The van der Waals surface area contributed by atoms with Crippen LogP contribution in [0.1, 0.15) is 316 Å². The first-order valence-corrected chi connectivity index (χ1v) is 33.4. The highest BCUT2D eigenvalue weighted by molar-refractivity contribution is 5.71. The van der Waals surface area contributed by atoms with E-state index in [0.717, 1.165) is 128 Å². The normalized spacial score (nSPS) is 12.8. The topological polar surface area (TPSA) is 78.9 Å². The highest BCUT2D eigenvalue weighted by Crippen LogP contribution is 2.16. The van der Waals surface area contributed by atoms with Crippen molar-refractivity contribution in [1.82, 2.24) is 0 Å². The lowest BCUT2D eigenvalue weighted by Crippen LogP contribution is -2.30. The van der Waals surface area contributed by atoms with Crippen LogP contribution >= 0.6 is 0 Å². The van der Waals surface area contributed by atoms with Gasteiger partial charge in [0.25, 0.3) is 0 Å². The Balaban J connectivity index is 4.30. The molecule has 0 amide bonds. The van der Waals surface area contributed by atoms with E-state index in [1.165, 1.54) is 148 Å². The number of allylic oxidation sites excluding steroid dienone is 18. The van der Waals surface area contributed by atoms with E-state index in [4.69, 9.17) is 14.2 Å². The van der Waals surface area contributed by atoms with E-state index in [1.54, 1.807) is 0 Å². The standard InChI is InChI=1S/C73H124O6/c1-4-7-10-13-16-19-22-25-28-30-31-32-33-34-35-36-37-38-39-40-41-42-43-44-46-48-51-54-57-60-63-66-72(75)78-69-70(68-77-71(74)65-62-59-56-53-50-47-27-24-21-18-15-12-9-6-3)79-73(76)67-64-61-58-55-52-49-45-29-26-23-20-17-14-11-8-5-2/h7,10,16,19,24-25,27-29,31-32,34-35,37-38,40-41,45,70H,4-6,8-9,11-15,17-18,20-23,26,30,33,36,39,42-44,46-69H2,1-3H3/b10-7-,19-16-,27-24-,28-25-,32-31-,35-34-,38-37-,41-40-,45-29-. The van der Waals surface area contributed by atoms with Gasteiger partial charge < -0.3 is 14.2 Å². The second-order valence-corrected chi connectivity index (χ2v) is 22.0. The molecule has 0 fully saturated rings. The number of unbranched alkanes of at least 4 members (excludes halogenated alkanes) is 31. The van der Waals surface area contributed by atoms with Gasteiger partial charge in [0.15, 0.2) is 6.10 Å². The molecular formula is C73H124O6. The smallest absolute Gasteiger partial charge is 0.306 e. The third-order valence-electron chi connectivity index (χ3n) is 14.2. The molecule has 1 unspecified atom stereocenters. The monoisotopic (exact) mass is 1100 g/mol. The van der Waals surface area contributed by atoms with Crippen LogP contribution in [0.25, 0.3) is 0 Å². The van der Waals surface area contributed by atoms with Crippen molar-refractivity contribution < 1.29 is 28.6 Å². The fourth-order valence-corrected chi connectivity index (χ4v) is 9.24. The molecule has 0 saturated heterocycles. The summed E-state index contributed by atoms with van der Waals surface area (Å²) in [5.74, 6) is -0.900. The molecule has 6 nitrogen and oxygen atoms in total. The van der Waals surface area contributed by atoms with Crippen molar-refractivity contribution in [3.63, 3.8) is 0 Å². The Morgan fingerprint density at radius 3 is 0.785 bits per heavy atom. The quantitative estimate of drug-likeness (QED) is 0.0261. The van der Waals surface area contributed by atoms with Gasteiger partial charge in [-0.2, -0.15) is 0 Å². The zero-order chi connectivity index (χ0) is 57.1. The van der Waals surface area contributed by atoms with Gasteiger partial charge in [-0.05, 0) is 128 Å². The van der Waals surface area contributed by atoms with E-state index in [1.807, 2.05) is 0 Å². The van der Waals surface area contributed by atoms with Crippen molar-refractivity contribution in [3.05, 3.63) is 109 Å². The molecule has 0 rings (SSSR count). The summed E-state index contributed by atoms with van der Waals surface area (Å²) in [4.78, 5) is 38.3. The summed E-state index contributed by atoms with van der Waals surface area (Å²) in [6.07, 6.45) is 91.0. The number of carbonyl (C=O) groups is 3.